The van der Waals surface area contributed by atoms with Crippen LogP contribution in [0.15, 0.2) is 34.2 Å². The van der Waals surface area contributed by atoms with Gasteiger partial charge in [0, 0.05) is 10.4 Å². The molecule has 3 aromatic rings. The van der Waals surface area contributed by atoms with Crippen LogP contribution in [-0.2, 0) is 22.4 Å². The van der Waals surface area contributed by atoms with Crippen LogP contribution >= 0.6 is 35.5 Å². The van der Waals surface area contributed by atoms with Crippen molar-refractivity contribution in [3.05, 3.63) is 56.2 Å². The summed E-state index contributed by atoms with van der Waals surface area (Å²) in [6.07, 6.45) is 4.13. The van der Waals surface area contributed by atoms with Crippen LogP contribution in [-0.4, -0.2) is 40.8 Å². The normalized spacial score (nSPS) is 12.9. The standard InChI is InChI=1S/C27H28N4O5S2.ClH/c1-4-19(24(33)30-25-21(26(34)36-5-2)17-11-6-7-12-20(17)37-25)38-27-29-22(18(14-28)23(32)31-27)15-9-8-10-16(13-15)35-3;/h8-10,13,19H,4-7,11-12H2,1-3H3,(H,30,33)(H,29,31,32);1H. The second-order valence-electron chi connectivity index (χ2n) is 8.58. The highest BCUT2D eigenvalue weighted by Crippen LogP contribution is 2.39. The van der Waals surface area contributed by atoms with E-state index in [-0.39, 0.29) is 41.3 Å². The number of carbonyl (C=O) groups is 2. The third kappa shape index (κ3) is 6.64. The molecule has 2 N–H and O–H groups in total. The Kier molecular flexibility index (Phi) is 10.6. The Morgan fingerprint density at radius 1 is 1.28 bits per heavy atom. The number of carbonyl (C=O) groups excluding carboxylic acids is 2. The van der Waals surface area contributed by atoms with Gasteiger partial charge in [-0.25, -0.2) is 9.78 Å². The van der Waals surface area contributed by atoms with Gasteiger partial charge in [0.05, 0.1) is 30.2 Å². The molecule has 0 aliphatic heterocycles. The van der Waals surface area contributed by atoms with E-state index in [1.807, 2.05) is 13.0 Å². The van der Waals surface area contributed by atoms with Crippen molar-refractivity contribution in [3.63, 3.8) is 0 Å². The second kappa shape index (κ2) is 13.6. The number of amides is 1. The number of thioether (sulfide) groups is 1. The minimum atomic E-state index is -0.613. The summed E-state index contributed by atoms with van der Waals surface area (Å²) in [7, 11) is 1.53. The zero-order valence-corrected chi connectivity index (χ0v) is 24.2. The highest BCUT2D eigenvalue weighted by atomic mass is 35.5. The quantitative estimate of drug-likeness (QED) is 0.194. The number of halogens is 1. The highest BCUT2D eigenvalue weighted by Gasteiger charge is 2.29. The van der Waals surface area contributed by atoms with Gasteiger partial charge in [-0.3, -0.25) is 9.59 Å². The van der Waals surface area contributed by atoms with E-state index in [1.54, 1.807) is 31.2 Å². The average Bonchev–Trinajstić information content (AvgIpc) is 3.29. The molecule has 12 heteroatoms. The van der Waals surface area contributed by atoms with Crippen molar-refractivity contribution in [3.8, 4) is 23.1 Å². The van der Waals surface area contributed by atoms with E-state index in [4.69, 9.17) is 9.47 Å². The van der Waals surface area contributed by atoms with Crippen molar-refractivity contribution in [1.82, 2.24) is 9.97 Å². The van der Waals surface area contributed by atoms with Crippen LogP contribution in [0, 0.1) is 11.3 Å². The summed E-state index contributed by atoms with van der Waals surface area (Å²) >= 11 is 2.52. The Morgan fingerprint density at radius 3 is 2.74 bits per heavy atom. The van der Waals surface area contributed by atoms with Crippen LogP contribution in [0.1, 0.15) is 59.5 Å². The maximum absolute atomic E-state index is 13.4. The number of hydrogen-bond acceptors (Lipinski definition) is 9. The smallest absolute Gasteiger partial charge is 0.341 e. The Balaban J connectivity index is 0.00000420. The topological polar surface area (TPSA) is 134 Å². The van der Waals surface area contributed by atoms with E-state index in [0.717, 1.165) is 47.9 Å². The summed E-state index contributed by atoms with van der Waals surface area (Å²) in [5.41, 5.74) is 1.47. The number of rotatable bonds is 9. The van der Waals surface area contributed by atoms with Gasteiger partial charge in [-0.2, -0.15) is 5.26 Å². The monoisotopic (exact) mass is 588 g/mol. The number of H-pyrrole nitrogens is 1. The molecule has 0 saturated heterocycles. The number of thiophene rings is 1. The van der Waals surface area contributed by atoms with E-state index in [0.29, 0.717) is 28.3 Å². The first kappa shape index (κ1) is 30.2. The molecule has 4 rings (SSSR count). The summed E-state index contributed by atoms with van der Waals surface area (Å²) < 4.78 is 10.6. The lowest BCUT2D eigenvalue weighted by Gasteiger charge is -2.15. The molecule has 0 spiro atoms. The molecule has 1 amide bonds. The first-order chi connectivity index (χ1) is 18.4. The fraction of sp³-hybridized carbons (Fsp3) is 0.370. The van der Waals surface area contributed by atoms with Gasteiger partial charge >= 0.3 is 5.97 Å². The molecule has 2 heterocycles. The van der Waals surface area contributed by atoms with Crippen molar-refractivity contribution >= 4 is 52.4 Å². The zero-order chi connectivity index (χ0) is 27.2. The van der Waals surface area contributed by atoms with E-state index in [1.165, 1.54) is 18.4 Å². The maximum atomic E-state index is 13.4. The third-order valence-corrected chi connectivity index (χ3v) is 8.61. The van der Waals surface area contributed by atoms with Crippen molar-refractivity contribution in [2.24, 2.45) is 0 Å². The lowest BCUT2D eigenvalue weighted by Crippen LogP contribution is -2.26. The maximum Gasteiger partial charge on any atom is 0.341 e. The van der Waals surface area contributed by atoms with Crippen molar-refractivity contribution in [2.75, 3.05) is 19.0 Å². The van der Waals surface area contributed by atoms with Gasteiger partial charge in [-0.15, -0.1) is 23.7 Å². The van der Waals surface area contributed by atoms with E-state index in [2.05, 4.69) is 15.3 Å². The van der Waals surface area contributed by atoms with Gasteiger partial charge in [-0.1, -0.05) is 30.8 Å². The number of aromatic amines is 1. The summed E-state index contributed by atoms with van der Waals surface area (Å²) in [6, 6.07) is 8.85. The molecule has 0 radical (unpaired) electrons. The predicted octanol–water partition coefficient (Wildman–Crippen LogP) is 5.37. The van der Waals surface area contributed by atoms with Crippen LogP contribution in [0.5, 0.6) is 5.75 Å². The Labute approximate surface area is 240 Å². The van der Waals surface area contributed by atoms with Crippen LogP contribution < -0.4 is 15.6 Å². The van der Waals surface area contributed by atoms with Gasteiger partial charge in [0.15, 0.2) is 5.16 Å². The molecule has 1 aliphatic carbocycles. The highest BCUT2D eigenvalue weighted by molar-refractivity contribution is 8.00. The number of hydrogen-bond donors (Lipinski definition) is 2. The minimum Gasteiger partial charge on any atom is -0.497 e. The number of anilines is 1. The van der Waals surface area contributed by atoms with Gasteiger partial charge < -0.3 is 19.8 Å². The molecule has 0 fully saturated rings. The number of nitrogens with zero attached hydrogens (tertiary/aromatic N) is 2. The van der Waals surface area contributed by atoms with Gasteiger partial charge in [0.25, 0.3) is 5.56 Å². The first-order valence-electron chi connectivity index (χ1n) is 12.4. The number of benzene rings is 1. The molecule has 39 heavy (non-hydrogen) atoms. The van der Waals surface area contributed by atoms with Gasteiger partial charge in [0.1, 0.15) is 22.4 Å². The molecule has 206 valence electrons. The second-order valence-corrected chi connectivity index (χ2v) is 10.9. The van der Waals surface area contributed by atoms with Crippen molar-refractivity contribution in [2.45, 2.75) is 56.4 Å². The molecule has 1 aliphatic rings. The van der Waals surface area contributed by atoms with E-state index in [9.17, 15) is 19.6 Å². The van der Waals surface area contributed by atoms with Crippen molar-refractivity contribution in [1.29, 1.82) is 5.26 Å². The Bertz CT molecular complexity index is 1460. The largest absolute Gasteiger partial charge is 0.497 e. The fourth-order valence-electron chi connectivity index (χ4n) is 4.31. The van der Waals surface area contributed by atoms with Crippen LogP contribution in [0.2, 0.25) is 0 Å². The van der Waals surface area contributed by atoms with Crippen LogP contribution in [0.4, 0.5) is 5.00 Å². The van der Waals surface area contributed by atoms with E-state index >= 15 is 0 Å². The summed E-state index contributed by atoms with van der Waals surface area (Å²) in [5, 5.41) is 12.6. The molecule has 1 aromatic carbocycles. The molecular weight excluding hydrogens is 560 g/mol. The lowest BCUT2D eigenvalue weighted by atomic mass is 9.95. The van der Waals surface area contributed by atoms with Crippen molar-refractivity contribution < 1.29 is 19.1 Å². The molecule has 2 aromatic heterocycles. The fourth-order valence-corrected chi connectivity index (χ4v) is 6.49. The number of nitrogens with one attached hydrogen (secondary N) is 2. The molecule has 1 atom stereocenters. The molecule has 0 bridgehead atoms. The summed E-state index contributed by atoms with van der Waals surface area (Å²) in [5.74, 6) is -0.176. The number of methoxy groups -OCH3 is 1. The Hall–Kier alpha value is -3.33. The van der Waals surface area contributed by atoms with Crippen LogP contribution in [0.25, 0.3) is 11.3 Å². The first-order valence-corrected chi connectivity index (χ1v) is 14.1. The number of esters is 1. The molecule has 0 saturated carbocycles. The molecular formula is C27H29ClN4O5S2. The molecule has 1 unspecified atom stereocenters. The average molecular weight is 589 g/mol. The van der Waals surface area contributed by atoms with Gasteiger partial charge in [0.2, 0.25) is 5.91 Å². The number of nitriles is 1. The lowest BCUT2D eigenvalue weighted by molar-refractivity contribution is -0.115. The molecule has 9 nitrogen and oxygen atoms in total. The van der Waals surface area contributed by atoms with Gasteiger partial charge in [-0.05, 0) is 56.7 Å². The SMILES string of the molecule is CCOC(=O)c1c(NC(=O)C(CC)Sc2nc(-c3cccc(OC)c3)c(C#N)c(=O)[nH]2)sc2c1CCCC2.Cl. The summed E-state index contributed by atoms with van der Waals surface area (Å²) in [6.45, 7) is 3.86. The number of fused-ring (bicyclic) bond motifs is 1. The van der Waals surface area contributed by atoms with Crippen LogP contribution in [0.3, 0.4) is 0 Å². The zero-order valence-electron chi connectivity index (χ0n) is 21.8. The third-order valence-electron chi connectivity index (χ3n) is 6.16. The number of aryl methyl sites for hydroxylation is 1. The minimum absolute atomic E-state index is 0. The predicted molar refractivity (Wildman–Crippen MR) is 154 cm³/mol. The number of aromatic nitrogens is 2. The van der Waals surface area contributed by atoms with E-state index < -0.39 is 16.8 Å². The summed E-state index contributed by atoms with van der Waals surface area (Å²) in [4.78, 5) is 47.1. The Morgan fingerprint density at radius 2 is 2.05 bits per heavy atom. The number of ether oxygens (including phenoxy) is 2.